The minimum Gasteiger partial charge on any atom is -0.494 e. The molecule has 1 aliphatic rings. The number of thioether (sulfide) groups is 1. The van der Waals surface area contributed by atoms with Crippen LogP contribution < -0.4 is 14.4 Å². The standard InChI is InChI=1S/C29H33N3O5S2/c1-3-37-25-11-9-24(10-12-25)32(39(35,36)27-15-13-26(38-2)14-16-27)21-28(33)30-19-22-6-4-7-23(18-22)20-31-17-5-8-29(31)34/h4,6-7,9-16,18H,3,5,8,17,19-21H2,1-2H3,(H,30,33). The number of rotatable bonds is 12. The molecule has 0 unspecified atom stereocenters. The lowest BCUT2D eigenvalue weighted by Gasteiger charge is -2.24. The fraction of sp³-hybridized carbons (Fsp3) is 0.310. The first-order valence-electron chi connectivity index (χ1n) is 12.8. The van der Waals surface area contributed by atoms with Crippen LogP contribution in [0.4, 0.5) is 5.69 Å². The van der Waals surface area contributed by atoms with Gasteiger partial charge in [-0.1, -0.05) is 24.3 Å². The van der Waals surface area contributed by atoms with Crippen molar-refractivity contribution in [1.29, 1.82) is 0 Å². The number of nitrogens with zero attached hydrogens (tertiary/aromatic N) is 2. The van der Waals surface area contributed by atoms with Crippen LogP contribution in [0.2, 0.25) is 0 Å². The third kappa shape index (κ3) is 7.33. The molecule has 3 aromatic carbocycles. The summed E-state index contributed by atoms with van der Waals surface area (Å²) in [6, 6.07) is 20.9. The monoisotopic (exact) mass is 567 g/mol. The number of likely N-dealkylation sites (tertiary alicyclic amines) is 1. The summed E-state index contributed by atoms with van der Waals surface area (Å²) in [5, 5.41) is 2.85. The summed E-state index contributed by atoms with van der Waals surface area (Å²) < 4.78 is 33.9. The predicted octanol–water partition coefficient (Wildman–Crippen LogP) is 4.44. The van der Waals surface area contributed by atoms with Crippen molar-refractivity contribution < 1.29 is 22.7 Å². The zero-order valence-corrected chi connectivity index (χ0v) is 23.8. The average molecular weight is 568 g/mol. The third-order valence-corrected chi connectivity index (χ3v) is 8.93. The molecule has 1 saturated heterocycles. The lowest BCUT2D eigenvalue weighted by Crippen LogP contribution is -2.40. The summed E-state index contributed by atoms with van der Waals surface area (Å²) in [5.41, 5.74) is 2.22. The molecule has 8 nitrogen and oxygen atoms in total. The molecule has 0 aliphatic carbocycles. The van der Waals surface area contributed by atoms with Crippen molar-refractivity contribution in [3.63, 3.8) is 0 Å². The van der Waals surface area contributed by atoms with Crippen LogP contribution in [-0.4, -0.2) is 51.1 Å². The molecule has 0 bridgehead atoms. The molecule has 2 amide bonds. The molecule has 0 atom stereocenters. The summed E-state index contributed by atoms with van der Waals surface area (Å²) in [4.78, 5) is 27.9. The zero-order chi connectivity index (χ0) is 27.8. The molecule has 39 heavy (non-hydrogen) atoms. The third-order valence-electron chi connectivity index (χ3n) is 6.40. The maximum absolute atomic E-state index is 13.7. The van der Waals surface area contributed by atoms with Gasteiger partial charge in [-0.3, -0.25) is 13.9 Å². The lowest BCUT2D eigenvalue weighted by atomic mass is 10.1. The Morgan fingerprint density at radius 2 is 1.77 bits per heavy atom. The van der Waals surface area contributed by atoms with Crippen LogP contribution in [0.25, 0.3) is 0 Å². The number of amides is 2. The maximum atomic E-state index is 13.7. The van der Waals surface area contributed by atoms with Crippen LogP contribution in [0, 0.1) is 0 Å². The van der Waals surface area contributed by atoms with Crippen molar-refractivity contribution >= 4 is 39.3 Å². The summed E-state index contributed by atoms with van der Waals surface area (Å²) >= 11 is 1.52. The topological polar surface area (TPSA) is 96.0 Å². The van der Waals surface area contributed by atoms with Crippen LogP contribution in [-0.2, 0) is 32.7 Å². The van der Waals surface area contributed by atoms with Gasteiger partial charge in [0, 0.05) is 31.0 Å². The number of sulfonamides is 1. The molecule has 1 fully saturated rings. The van der Waals surface area contributed by atoms with E-state index in [0.717, 1.165) is 33.3 Å². The molecule has 4 rings (SSSR count). The smallest absolute Gasteiger partial charge is 0.264 e. The number of hydrogen-bond donors (Lipinski definition) is 1. The van der Waals surface area contributed by atoms with E-state index in [1.54, 1.807) is 48.5 Å². The largest absolute Gasteiger partial charge is 0.494 e. The predicted molar refractivity (Wildman–Crippen MR) is 153 cm³/mol. The van der Waals surface area contributed by atoms with Gasteiger partial charge in [-0.05, 0) is 79.3 Å². The van der Waals surface area contributed by atoms with Gasteiger partial charge in [-0.2, -0.15) is 0 Å². The summed E-state index contributed by atoms with van der Waals surface area (Å²) in [7, 11) is -4.02. The molecule has 0 aromatic heterocycles. The number of anilines is 1. The van der Waals surface area contributed by atoms with Crippen LogP contribution in [0.15, 0.2) is 82.6 Å². The van der Waals surface area contributed by atoms with E-state index in [-0.39, 0.29) is 23.9 Å². The second kappa shape index (κ2) is 13.0. The second-order valence-electron chi connectivity index (χ2n) is 9.13. The Hall–Kier alpha value is -3.50. The van der Waals surface area contributed by atoms with Gasteiger partial charge in [0.05, 0.1) is 17.2 Å². The summed E-state index contributed by atoms with van der Waals surface area (Å²) in [5.74, 6) is 0.337. The number of hydrogen-bond acceptors (Lipinski definition) is 6. The molecular formula is C29H33N3O5S2. The van der Waals surface area contributed by atoms with Crippen LogP contribution in [0.1, 0.15) is 30.9 Å². The molecule has 1 N–H and O–H groups in total. The first-order valence-corrected chi connectivity index (χ1v) is 15.5. The number of ether oxygens (including phenoxy) is 1. The van der Waals surface area contributed by atoms with Crippen molar-refractivity contribution in [2.75, 3.05) is 30.3 Å². The van der Waals surface area contributed by atoms with Gasteiger partial charge in [0.2, 0.25) is 11.8 Å². The average Bonchev–Trinajstić information content (AvgIpc) is 3.35. The van der Waals surface area contributed by atoms with E-state index in [2.05, 4.69) is 5.32 Å². The Morgan fingerprint density at radius 3 is 2.41 bits per heavy atom. The van der Waals surface area contributed by atoms with Crippen LogP contribution >= 0.6 is 11.8 Å². The van der Waals surface area contributed by atoms with E-state index < -0.39 is 15.9 Å². The van der Waals surface area contributed by atoms with Crippen LogP contribution in [0.3, 0.4) is 0 Å². The van der Waals surface area contributed by atoms with E-state index >= 15 is 0 Å². The van der Waals surface area contributed by atoms with Crippen molar-refractivity contribution in [3.05, 3.63) is 83.9 Å². The highest BCUT2D eigenvalue weighted by Gasteiger charge is 2.27. The minimum atomic E-state index is -4.02. The molecule has 1 heterocycles. The van der Waals surface area contributed by atoms with E-state index in [9.17, 15) is 18.0 Å². The number of nitrogens with one attached hydrogen (secondary N) is 1. The van der Waals surface area contributed by atoms with E-state index in [4.69, 9.17) is 4.74 Å². The van der Waals surface area contributed by atoms with Gasteiger partial charge >= 0.3 is 0 Å². The summed E-state index contributed by atoms with van der Waals surface area (Å²) in [6.07, 6.45) is 3.39. The Bertz CT molecular complexity index is 1390. The molecule has 0 radical (unpaired) electrons. The molecular weight excluding hydrogens is 534 g/mol. The van der Waals surface area contributed by atoms with E-state index in [1.807, 2.05) is 42.3 Å². The molecule has 10 heteroatoms. The van der Waals surface area contributed by atoms with Gasteiger partial charge in [0.15, 0.2) is 0 Å². The Labute approximate surface area is 234 Å². The Morgan fingerprint density at radius 1 is 1.05 bits per heavy atom. The van der Waals surface area contributed by atoms with Gasteiger partial charge in [0.1, 0.15) is 12.3 Å². The highest BCUT2D eigenvalue weighted by Crippen LogP contribution is 2.27. The van der Waals surface area contributed by atoms with Gasteiger partial charge in [-0.25, -0.2) is 8.42 Å². The van der Waals surface area contributed by atoms with Crippen molar-refractivity contribution in [1.82, 2.24) is 10.2 Å². The fourth-order valence-electron chi connectivity index (χ4n) is 4.38. The van der Waals surface area contributed by atoms with Crippen molar-refractivity contribution in [2.45, 2.75) is 42.6 Å². The SMILES string of the molecule is CCOc1ccc(N(CC(=O)NCc2cccc(CN3CCCC3=O)c2)S(=O)(=O)c2ccc(SC)cc2)cc1. The summed E-state index contributed by atoms with van der Waals surface area (Å²) in [6.45, 7) is 3.51. The first-order chi connectivity index (χ1) is 18.8. The normalized spacial score (nSPS) is 13.4. The number of carbonyl (C=O) groups is 2. The van der Waals surface area contributed by atoms with Gasteiger partial charge in [-0.15, -0.1) is 11.8 Å². The highest BCUT2D eigenvalue weighted by atomic mass is 32.2. The van der Waals surface area contributed by atoms with Crippen LogP contribution in [0.5, 0.6) is 5.75 Å². The molecule has 0 spiro atoms. The molecule has 0 saturated carbocycles. The lowest BCUT2D eigenvalue weighted by molar-refractivity contribution is -0.128. The minimum absolute atomic E-state index is 0.103. The quantitative estimate of drug-likeness (QED) is 0.325. The first kappa shape index (κ1) is 28.5. The highest BCUT2D eigenvalue weighted by molar-refractivity contribution is 7.98. The maximum Gasteiger partial charge on any atom is 0.264 e. The van der Waals surface area contributed by atoms with E-state index in [0.29, 0.717) is 31.0 Å². The van der Waals surface area contributed by atoms with Crippen molar-refractivity contribution in [3.8, 4) is 5.75 Å². The Balaban J connectivity index is 1.49. The Kier molecular flexibility index (Phi) is 9.53. The second-order valence-corrected chi connectivity index (χ2v) is 11.9. The molecule has 206 valence electrons. The molecule has 1 aliphatic heterocycles. The number of benzene rings is 3. The molecule has 3 aromatic rings. The zero-order valence-electron chi connectivity index (χ0n) is 22.1. The number of carbonyl (C=O) groups excluding carboxylic acids is 2. The van der Waals surface area contributed by atoms with E-state index in [1.165, 1.54) is 11.8 Å². The van der Waals surface area contributed by atoms with Gasteiger partial charge in [0.25, 0.3) is 10.0 Å². The van der Waals surface area contributed by atoms with Crippen molar-refractivity contribution in [2.24, 2.45) is 0 Å². The van der Waals surface area contributed by atoms with Gasteiger partial charge < -0.3 is 15.0 Å². The fourth-order valence-corrected chi connectivity index (χ4v) is 6.21.